The van der Waals surface area contributed by atoms with Gasteiger partial charge in [0, 0.05) is 0 Å². The quantitative estimate of drug-likeness (QED) is 0.798. The predicted molar refractivity (Wildman–Crippen MR) is 78.5 cm³/mol. The van der Waals surface area contributed by atoms with Crippen molar-refractivity contribution in [1.29, 1.82) is 0 Å². The maximum absolute atomic E-state index is 13.4. The first-order valence-electron chi connectivity index (χ1n) is 6.72. The van der Waals surface area contributed by atoms with Gasteiger partial charge in [0.05, 0.1) is 5.69 Å². The number of alkyl halides is 3. The standard InChI is InChI=1S/C16H14F4N2O/c1-10-6-8-11(9-7-10)14(16(18,19)20)22-15(23)21-13-5-3-2-4-12(13)17/h2-9,14H,1H3,(H2,21,22,23). The molecule has 2 rings (SSSR count). The van der Waals surface area contributed by atoms with Crippen molar-refractivity contribution in [2.24, 2.45) is 0 Å². The lowest BCUT2D eigenvalue weighted by Crippen LogP contribution is -2.40. The van der Waals surface area contributed by atoms with Crippen LogP contribution >= 0.6 is 0 Å². The van der Waals surface area contributed by atoms with E-state index < -0.39 is 24.1 Å². The lowest BCUT2D eigenvalue weighted by molar-refractivity contribution is -0.154. The highest BCUT2D eigenvalue weighted by atomic mass is 19.4. The average molecular weight is 326 g/mol. The molecule has 0 aliphatic carbocycles. The zero-order valence-electron chi connectivity index (χ0n) is 12.1. The highest BCUT2D eigenvalue weighted by molar-refractivity contribution is 5.89. The van der Waals surface area contributed by atoms with Crippen LogP contribution in [0.25, 0.3) is 0 Å². The van der Waals surface area contributed by atoms with E-state index >= 15 is 0 Å². The summed E-state index contributed by atoms with van der Waals surface area (Å²) in [6.07, 6.45) is -4.68. The van der Waals surface area contributed by atoms with Crippen LogP contribution < -0.4 is 10.6 Å². The van der Waals surface area contributed by atoms with Crippen LogP contribution in [0.3, 0.4) is 0 Å². The van der Waals surface area contributed by atoms with Crippen molar-refractivity contribution in [3.8, 4) is 0 Å². The molecule has 0 radical (unpaired) electrons. The van der Waals surface area contributed by atoms with Crippen LogP contribution in [0, 0.1) is 12.7 Å². The number of aryl methyl sites for hydroxylation is 1. The Hall–Kier alpha value is -2.57. The Kier molecular flexibility index (Phi) is 4.88. The van der Waals surface area contributed by atoms with Crippen molar-refractivity contribution in [3.63, 3.8) is 0 Å². The van der Waals surface area contributed by atoms with Gasteiger partial charge in [0.1, 0.15) is 5.82 Å². The van der Waals surface area contributed by atoms with Crippen LogP contribution in [-0.2, 0) is 0 Å². The third-order valence-corrected chi connectivity index (χ3v) is 3.14. The smallest absolute Gasteiger partial charge is 0.322 e. The van der Waals surface area contributed by atoms with Crippen molar-refractivity contribution >= 4 is 11.7 Å². The molecule has 3 nitrogen and oxygen atoms in total. The second kappa shape index (κ2) is 6.68. The summed E-state index contributed by atoms with van der Waals surface area (Å²) in [6, 6.07) is 7.50. The molecule has 1 unspecified atom stereocenters. The van der Waals surface area contributed by atoms with Gasteiger partial charge in [0.2, 0.25) is 0 Å². The molecule has 0 aromatic heterocycles. The molecule has 0 fully saturated rings. The second-order valence-electron chi connectivity index (χ2n) is 4.96. The second-order valence-corrected chi connectivity index (χ2v) is 4.96. The van der Waals surface area contributed by atoms with Gasteiger partial charge in [-0.05, 0) is 24.6 Å². The topological polar surface area (TPSA) is 41.1 Å². The molecule has 0 bridgehead atoms. The number of benzene rings is 2. The molecule has 1 atom stereocenters. The molecule has 0 saturated carbocycles. The van der Waals surface area contributed by atoms with Gasteiger partial charge in [0.25, 0.3) is 0 Å². The number of carbonyl (C=O) groups excluding carboxylic acids is 1. The zero-order chi connectivity index (χ0) is 17.0. The summed E-state index contributed by atoms with van der Waals surface area (Å²) in [7, 11) is 0. The Labute approximate surface area is 130 Å². The number of halogens is 4. The van der Waals surface area contributed by atoms with Crippen LogP contribution in [0.4, 0.5) is 28.0 Å². The van der Waals surface area contributed by atoms with Gasteiger partial charge in [-0.1, -0.05) is 42.0 Å². The highest BCUT2D eigenvalue weighted by Crippen LogP contribution is 2.32. The fourth-order valence-corrected chi connectivity index (χ4v) is 1.97. The van der Waals surface area contributed by atoms with E-state index in [2.05, 4.69) is 5.32 Å². The van der Waals surface area contributed by atoms with E-state index in [9.17, 15) is 22.4 Å². The maximum atomic E-state index is 13.4. The fourth-order valence-electron chi connectivity index (χ4n) is 1.97. The van der Waals surface area contributed by atoms with Crippen molar-refractivity contribution in [1.82, 2.24) is 5.32 Å². The molecular formula is C16H14F4N2O. The van der Waals surface area contributed by atoms with Crippen molar-refractivity contribution in [2.75, 3.05) is 5.32 Å². The molecule has 23 heavy (non-hydrogen) atoms. The maximum Gasteiger partial charge on any atom is 0.412 e. The number of amides is 2. The minimum atomic E-state index is -4.68. The van der Waals surface area contributed by atoms with E-state index in [-0.39, 0.29) is 11.3 Å². The van der Waals surface area contributed by atoms with Crippen LogP contribution in [0.5, 0.6) is 0 Å². The summed E-state index contributed by atoms with van der Waals surface area (Å²) in [5.74, 6) is -0.735. The number of anilines is 1. The largest absolute Gasteiger partial charge is 0.412 e. The summed E-state index contributed by atoms with van der Waals surface area (Å²) >= 11 is 0. The number of rotatable bonds is 3. The zero-order valence-corrected chi connectivity index (χ0v) is 12.1. The number of nitrogens with one attached hydrogen (secondary N) is 2. The summed E-state index contributed by atoms with van der Waals surface area (Å²) in [4.78, 5) is 11.8. The first-order valence-corrected chi connectivity index (χ1v) is 6.72. The molecule has 0 heterocycles. The highest BCUT2D eigenvalue weighted by Gasteiger charge is 2.41. The van der Waals surface area contributed by atoms with Gasteiger partial charge in [-0.3, -0.25) is 0 Å². The van der Waals surface area contributed by atoms with E-state index in [0.717, 1.165) is 11.6 Å². The van der Waals surface area contributed by atoms with Crippen molar-refractivity contribution in [3.05, 3.63) is 65.5 Å². The number of hydrogen-bond acceptors (Lipinski definition) is 1. The van der Waals surface area contributed by atoms with Crippen LogP contribution in [0.1, 0.15) is 17.2 Å². The molecule has 0 spiro atoms. The summed E-state index contributed by atoms with van der Waals surface area (Å²) in [5, 5.41) is 3.90. The molecule has 0 aliphatic rings. The third kappa shape index (κ3) is 4.45. The van der Waals surface area contributed by atoms with Gasteiger partial charge >= 0.3 is 12.2 Å². The van der Waals surface area contributed by atoms with Crippen molar-refractivity contribution < 1.29 is 22.4 Å². The van der Waals surface area contributed by atoms with Crippen LogP contribution in [-0.4, -0.2) is 12.2 Å². The third-order valence-electron chi connectivity index (χ3n) is 3.14. The van der Waals surface area contributed by atoms with Gasteiger partial charge < -0.3 is 10.6 Å². The van der Waals surface area contributed by atoms with E-state index in [0.29, 0.717) is 0 Å². The Morgan fingerprint density at radius 2 is 1.65 bits per heavy atom. The first kappa shape index (κ1) is 16.8. The Morgan fingerprint density at radius 1 is 1.04 bits per heavy atom. The summed E-state index contributed by atoms with van der Waals surface area (Å²) < 4.78 is 52.9. The Bertz CT molecular complexity index is 683. The molecule has 0 saturated heterocycles. The van der Waals surface area contributed by atoms with Gasteiger partial charge in [0.15, 0.2) is 6.04 Å². The number of hydrogen-bond donors (Lipinski definition) is 2. The van der Waals surface area contributed by atoms with Crippen LogP contribution in [0.2, 0.25) is 0 Å². The molecule has 122 valence electrons. The summed E-state index contributed by atoms with van der Waals surface area (Å²) in [6.45, 7) is 1.74. The molecule has 2 aromatic rings. The Morgan fingerprint density at radius 3 is 2.22 bits per heavy atom. The lowest BCUT2D eigenvalue weighted by atomic mass is 10.0. The normalized spacial score (nSPS) is 12.6. The fraction of sp³-hybridized carbons (Fsp3) is 0.188. The average Bonchev–Trinajstić information content (AvgIpc) is 2.47. The number of carbonyl (C=O) groups is 1. The molecular weight excluding hydrogens is 312 g/mol. The number of para-hydroxylation sites is 1. The monoisotopic (exact) mass is 326 g/mol. The van der Waals surface area contributed by atoms with Gasteiger partial charge in [-0.15, -0.1) is 0 Å². The lowest BCUT2D eigenvalue weighted by Gasteiger charge is -2.22. The van der Waals surface area contributed by atoms with E-state index in [1.165, 1.54) is 42.5 Å². The number of urea groups is 1. The van der Waals surface area contributed by atoms with Gasteiger partial charge in [-0.2, -0.15) is 13.2 Å². The minimum Gasteiger partial charge on any atom is -0.322 e. The molecule has 7 heteroatoms. The van der Waals surface area contributed by atoms with E-state index in [1.807, 2.05) is 5.32 Å². The van der Waals surface area contributed by atoms with E-state index in [1.54, 1.807) is 6.92 Å². The van der Waals surface area contributed by atoms with Crippen molar-refractivity contribution in [2.45, 2.75) is 19.1 Å². The molecule has 2 amide bonds. The Balaban J connectivity index is 2.17. The summed E-state index contributed by atoms with van der Waals surface area (Å²) in [5.41, 5.74) is 0.493. The van der Waals surface area contributed by atoms with Gasteiger partial charge in [-0.25, -0.2) is 9.18 Å². The minimum absolute atomic E-state index is 0.105. The predicted octanol–water partition coefficient (Wildman–Crippen LogP) is 4.56. The molecule has 2 N–H and O–H groups in total. The molecule has 0 aliphatic heterocycles. The first-order chi connectivity index (χ1) is 10.8. The SMILES string of the molecule is Cc1ccc(C(NC(=O)Nc2ccccc2F)C(F)(F)F)cc1. The van der Waals surface area contributed by atoms with Crippen LogP contribution in [0.15, 0.2) is 48.5 Å². The van der Waals surface area contributed by atoms with E-state index in [4.69, 9.17) is 0 Å². The molecule has 2 aromatic carbocycles.